The predicted molar refractivity (Wildman–Crippen MR) is 114 cm³/mol. The molecule has 1 N–H and O–H groups in total. The second-order valence-electron chi connectivity index (χ2n) is 8.06. The van der Waals surface area contributed by atoms with Crippen molar-refractivity contribution in [2.75, 3.05) is 12.4 Å². The summed E-state index contributed by atoms with van der Waals surface area (Å²) >= 11 is 0. The number of rotatable bonds is 22. The molecule has 0 bridgehead atoms. The first-order chi connectivity index (χ1) is 13.1. The molecule has 4 nitrogen and oxygen atoms in total. The van der Waals surface area contributed by atoms with E-state index in [0.29, 0.717) is 13.0 Å². The molecule has 28 heavy (non-hydrogen) atoms. The van der Waals surface area contributed by atoms with Crippen molar-refractivity contribution in [3.05, 3.63) is 0 Å². The van der Waals surface area contributed by atoms with Crippen molar-refractivity contribution in [1.82, 2.24) is 0 Å². The fraction of sp³-hybridized carbons (Fsp3) is 1.00. The van der Waals surface area contributed by atoms with Crippen molar-refractivity contribution in [3.8, 4) is 0 Å². The summed E-state index contributed by atoms with van der Waals surface area (Å²) in [7, 11) is -4.01. The van der Waals surface area contributed by atoms with Crippen LogP contribution in [-0.4, -0.2) is 30.4 Å². The summed E-state index contributed by atoms with van der Waals surface area (Å²) in [6.45, 7) is 0.347. The molecule has 0 unspecified atom stereocenters. The first-order valence-electron chi connectivity index (χ1n) is 11.6. The zero-order valence-corrected chi connectivity index (χ0v) is 22.6. The summed E-state index contributed by atoms with van der Waals surface area (Å²) in [6, 6.07) is 0. The molecule has 0 saturated carbocycles. The van der Waals surface area contributed by atoms with E-state index in [-0.39, 0.29) is 57.1 Å². The van der Waals surface area contributed by atoms with Gasteiger partial charge in [0.15, 0.2) is 0 Å². The molecule has 164 valence electrons. The normalized spacial score (nSPS) is 11.5. The SMILES string of the molecule is O=S(=O)([O-])CCCCCCCCCCCCCCCCCCCCCCO.[K+]. The Kier molecular flexibility index (Phi) is 28.0. The molecule has 6 heteroatoms. The Morgan fingerprint density at radius 1 is 0.464 bits per heavy atom. The molecular weight excluding hydrogens is 399 g/mol. The number of hydrogen-bond acceptors (Lipinski definition) is 4. The van der Waals surface area contributed by atoms with Crippen LogP contribution in [0.5, 0.6) is 0 Å². The van der Waals surface area contributed by atoms with E-state index in [0.717, 1.165) is 19.3 Å². The largest absolute Gasteiger partial charge is 1.00 e. The molecule has 0 aliphatic rings. The minimum absolute atomic E-state index is 0. The van der Waals surface area contributed by atoms with Crippen molar-refractivity contribution in [3.63, 3.8) is 0 Å². The van der Waals surface area contributed by atoms with E-state index < -0.39 is 10.1 Å². The van der Waals surface area contributed by atoms with Gasteiger partial charge in [0.1, 0.15) is 0 Å². The van der Waals surface area contributed by atoms with Gasteiger partial charge in [-0.1, -0.05) is 116 Å². The average Bonchev–Trinajstić information content (AvgIpc) is 2.62. The maximum atomic E-state index is 10.5. The van der Waals surface area contributed by atoms with Gasteiger partial charge >= 0.3 is 51.4 Å². The molecule has 0 aromatic rings. The van der Waals surface area contributed by atoms with Crippen molar-refractivity contribution < 1.29 is 69.5 Å². The van der Waals surface area contributed by atoms with Crippen LogP contribution in [-0.2, 0) is 10.1 Å². The van der Waals surface area contributed by atoms with Crippen LogP contribution < -0.4 is 51.4 Å². The average molecular weight is 445 g/mol. The van der Waals surface area contributed by atoms with Crippen LogP contribution in [0.2, 0.25) is 0 Å². The minimum Gasteiger partial charge on any atom is -0.748 e. The van der Waals surface area contributed by atoms with Gasteiger partial charge in [0.2, 0.25) is 0 Å². The molecule has 0 saturated heterocycles. The summed E-state index contributed by atoms with van der Waals surface area (Å²) < 4.78 is 31.4. The van der Waals surface area contributed by atoms with Crippen LogP contribution in [0.3, 0.4) is 0 Å². The van der Waals surface area contributed by atoms with Crippen molar-refractivity contribution in [2.24, 2.45) is 0 Å². The van der Waals surface area contributed by atoms with E-state index in [4.69, 9.17) is 5.11 Å². The molecule has 0 atom stereocenters. The van der Waals surface area contributed by atoms with E-state index in [1.807, 2.05) is 0 Å². The van der Waals surface area contributed by atoms with E-state index >= 15 is 0 Å². The fourth-order valence-electron chi connectivity index (χ4n) is 3.57. The molecule has 0 aliphatic carbocycles. The summed E-state index contributed by atoms with van der Waals surface area (Å²) in [4.78, 5) is 0. The van der Waals surface area contributed by atoms with Crippen molar-refractivity contribution >= 4 is 10.1 Å². The van der Waals surface area contributed by atoms with E-state index in [2.05, 4.69) is 0 Å². The summed E-state index contributed by atoms with van der Waals surface area (Å²) in [5.74, 6) is -0.196. The van der Waals surface area contributed by atoms with Gasteiger partial charge in [0, 0.05) is 12.4 Å². The van der Waals surface area contributed by atoms with Gasteiger partial charge in [-0.05, 0) is 12.8 Å². The fourth-order valence-corrected chi connectivity index (χ4v) is 4.13. The second-order valence-corrected chi connectivity index (χ2v) is 9.58. The zero-order valence-electron chi connectivity index (χ0n) is 18.6. The summed E-state index contributed by atoms with van der Waals surface area (Å²) in [5, 5.41) is 8.71. The van der Waals surface area contributed by atoms with Gasteiger partial charge in [0.05, 0.1) is 10.1 Å². The van der Waals surface area contributed by atoms with E-state index in [1.54, 1.807) is 0 Å². The first kappa shape index (κ1) is 31.7. The van der Waals surface area contributed by atoms with Crippen LogP contribution in [0, 0.1) is 0 Å². The Morgan fingerprint density at radius 2 is 0.679 bits per heavy atom. The first-order valence-corrected chi connectivity index (χ1v) is 13.2. The molecule has 0 rings (SSSR count). The Balaban J connectivity index is 0. The van der Waals surface area contributed by atoms with Gasteiger partial charge in [-0.25, -0.2) is 8.42 Å². The van der Waals surface area contributed by atoms with Gasteiger partial charge in [-0.3, -0.25) is 0 Å². The molecule has 0 aromatic heterocycles. The van der Waals surface area contributed by atoms with Crippen LogP contribution in [0.4, 0.5) is 0 Å². The molecule has 0 fully saturated rings. The molecule has 0 radical (unpaired) electrons. The van der Waals surface area contributed by atoms with E-state index in [9.17, 15) is 13.0 Å². The minimum atomic E-state index is -4.01. The second kappa shape index (κ2) is 24.8. The molecule has 0 heterocycles. The van der Waals surface area contributed by atoms with Crippen LogP contribution in [0.15, 0.2) is 0 Å². The van der Waals surface area contributed by atoms with Gasteiger partial charge in [0.25, 0.3) is 0 Å². The number of aliphatic hydroxyl groups is 1. The van der Waals surface area contributed by atoms with Gasteiger partial charge < -0.3 is 9.66 Å². The van der Waals surface area contributed by atoms with Gasteiger partial charge in [-0.15, -0.1) is 0 Å². The third-order valence-corrected chi connectivity index (χ3v) is 6.09. The van der Waals surface area contributed by atoms with Crippen LogP contribution in [0.1, 0.15) is 128 Å². The maximum Gasteiger partial charge on any atom is 1.00 e. The van der Waals surface area contributed by atoms with Crippen LogP contribution >= 0.6 is 0 Å². The molecule has 0 spiro atoms. The van der Waals surface area contributed by atoms with Crippen molar-refractivity contribution in [2.45, 2.75) is 128 Å². The summed E-state index contributed by atoms with van der Waals surface area (Å²) in [6.07, 6.45) is 24.6. The Morgan fingerprint density at radius 3 is 0.893 bits per heavy atom. The van der Waals surface area contributed by atoms with Crippen molar-refractivity contribution in [1.29, 1.82) is 0 Å². The Hall–Kier alpha value is 1.51. The standard InChI is InChI=1S/C22H46O4S.K/c23-21-19-17-15-13-11-9-7-5-3-1-2-4-6-8-10-12-14-16-18-20-22-27(24,25)26;/h23H,1-22H2,(H,24,25,26);/q;+1/p-1. The Bertz CT molecular complexity index is 388. The quantitative estimate of drug-likeness (QED) is 0.158. The molecule has 0 aromatic carbocycles. The Labute approximate surface area is 218 Å². The van der Waals surface area contributed by atoms with Crippen LogP contribution in [0.25, 0.3) is 0 Å². The molecular formula is C22H45KO4S. The third kappa shape index (κ3) is 29.7. The monoisotopic (exact) mass is 444 g/mol. The zero-order chi connectivity index (χ0) is 20.1. The van der Waals surface area contributed by atoms with Gasteiger partial charge in [-0.2, -0.15) is 0 Å². The number of aliphatic hydroxyl groups excluding tert-OH is 1. The smallest absolute Gasteiger partial charge is 0.748 e. The predicted octanol–water partition coefficient (Wildman–Crippen LogP) is 3.33. The maximum absolute atomic E-state index is 10.5. The topological polar surface area (TPSA) is 77.4 Å². The number of unbranched alkanes of at least 4 members (excludes halogenated alkanes) is 19. The summed E-state index contributed by atoms with van der Waals surface area (Å²) in [5.41, 5.74) is 0. The third-order valence-electron chi connectivity index (χ3n) is 5.30. The molecule has 0 amide bonds. The molecule has 0 aliphatic heterocycles. The van der Waals surface area contributed by atoms with E-state index in [1.165, 1.54) is 103 Å². The number of hydrogen-bond donors (Lipinski definition) is 1.